The second-order valence-electron chi connectivity index (χ2n) is 9.05. The smallest absolute Gasteiger partial charge is 0.240 e. The molecule has 8 heteroatoms. The van der Waals surface area contributed by atoms with Crippen LogP contribution < -0.4 is 4.90 Å². The lowest BCUT2D eigenvalue weighted by Crippen LogP contribution is -2.51. The number of likely N-dealkylation sites (N-methyl/N-ethyl adjacent to an activating group) is 1. The average molecular weight is 470 g/mol. The van der Waals surface area contributed by atoms with Gasteiger partial charge in [-0.25, -0.2) is 9.97 Å². The number of hydrogen-bond acceptors (Lipinski definition) is 6. The molecule has 3 amide bonds. The van der Waals surface area contributed by atoms with E-state index in [1.165, 1.54) is 7.05 Å². The van der Waals surface area contributed by atoms with Gasteiger partial charge in [0.2, 0.25) is 23.7 Å². The first-order chi connectivity index (χ1) is 17.0. The van der Waals surface area contributed by atoms with Gasteiger partial charge in [-0.3, -0.25) is 19.3 Å². The van der Waals surface area contributed by atoms with E-state index in [1.54, 1.807) is 23.4 Å². The zero-order valence-electron chi connectivity index (χ0n) is 19.6. The first-order valence-electron chi connectivity index (χ1n) is 11.7. The second kappa shape index (κ2) is 9.29. The fraction of sp³-hybridized carbons (Fsp3) is 0.296. The molecule has 178 valence electrons. The lowest BCUT2D eigenvalue weighted by Gasteiger charge is -2.36. The number of imide groups is 1. The van der Waals surface area contributed by atoms with Gasteiger partial charge in [0.05, 0.1) is 5.41 Å². The molecule has 35 heavy (non-hydrogen) atoms. The van der Waals surface area contributed by atoms with Crippen LogP contribution in [0.3, 0.4) is 0 Å². The normalized spacial score (nSPS) is 20.4. The zero-order chi connectivity index (χ0) is 24.4. The van der Waals surface area contributed by atoms with Crippen LogP contribution in [0.1, 0.15) is 18.4 Å². The highest BCUT2D eigenvalue weighted by Crippen LogP contribution is 2.40. The van der Waals surface area contributed by atoms with Crippen molar-refractivity contribution in [2.24, 2.45) is 0 Å². The largest absolute Gasteiger partial charge is 0.339 e. The minimum Gasteiger partial charge on any atom is -0.339 e. The van der Waals surface area contributed by atoms with Crippen LogP contribution in [-0.4, -0.2) is 70.7 Å². The Balaban J connectivity index is 1.36. The van der Waals surface area contributed by atoms with Crippen LogP contribution in [0.15, 0.2) is 73.1 Å². The van der Waals surface area contributed by atoms with Gasteiger partial charge in [-0.15, -0.1) is 0 Å². The summed E-state index contributed by atoms with van der Waals surface area (Å²) in [6.45, 7) is 2.25. The van der Waals surface area contributed by atoms with Gasteiger partial charge in [-0.2, -0.15) is 0 Å². The summed E-state index contributed by atoms with van der Waals surface area (Å²) >= 11 is 0. The molecule has 0 N–H and O–H groups in total. The Morgan fingerprint density at radius 3 is 2.09 bits per heavy atom. The number of carbonyl (C=O) groups is 3. The monoisotopic (exact) mass is 469 g/mol. The van der Waals surface area contributed by atoms with Crippen molar-refractivity contribution in [2.45, 2.75) is 18.3 Å². The van der Waals surface area contributed by atoms with Crippen molar-refractivity contribution >= 4 is 23.7 Å². The molecule has 2 saturated heterocycles. The van der Waals surface area contributed by atoms with E-state index in [9.17, 15) is 14.4 Å². The quantitative estimate of drug-likeness (QED) is 0.534. The van der Waals surface area contributed by atoms with Crippen molar-refractivity contribution in [2.75, 3.05) is 38.1 Å². The van der Waals surface area contributed by atoms with E-state index in [4.69, 9.17) is 0 Å². The molecule has 3 aromatic rings. The number of aromatic nitrogens is 2. The maximum Gasteiger partial charge on any atom is 0.240 e. The first kappa shape index (κ1) is 22.7. The number of amides is 3. The number of likely N-dealkylation sites (tertiary alicyclic amines) is 1. The Labute approximate surface area is 204 Å². The SMILES string of the molecule is CN1C(=O)CC(CC(=O)N2CCN(c3ncccn3)CC2)(c2ccc(-c3ccccc3)cc2)C1=O. The van der Waals surface area contributed by atoms with Gasteiger partial charge in [0, 0.05) is 58.5 Å². The number of rotatable bonds is 5. The molecule has 0 radical (unpaired) electrons. The number of nitrogens with zero attached hydrogens (tertiary/aromatic N) is 5. The zero-order valence-corrected chi connectivity index (χ0v) is 19.6. The Hall–Kier alpha value is -4.07. The van der Waals surface area contributed by atoms with Crippen molar-refractivity contribution in [1.82, 2.24) is 19.8 Å². The molecule has 2 aliphatic rings. The molecule has 5 rings (SSSR count). The van der Waals surface area contributed by atoms with E-state index >= 15 is 0 Å². The summed E-state index contributed by atoms with van der Waals surface area (Å²) in [5.74, 6) is -0.0596. The minimum atomic E-state index is -1.18. The second-order valence-corrected chi connectivity index (χ2v) is 9.05. The maximum absolute atomic E-state index is 13.4. The van der Waals surface area contributed by atoms with E-state index in [2.05, 4.69) is 9.97 Å². The summed E-state index contributed by atoms with van der Waals surface area (Å²) in [5.41, 5.74) is 1.60. The van der Waals surface area contributed by atoms with E-state index in [0.717, 1.165) is 16.0 Å². The van der Waals surface area contributed by atoms with Crippen molar-refractivity contribution in [3.8, 4) is 11.1 Å². The summed E-state index contributed by atoms with van der Waals surface area (Å²) in [4.78, 5) is 52.9. The fourth-order valence-corrected chi connectivity index (χ4v) is 4.95. The minimum absolute atomic E-state index is 0.00340. The van der Waals surface area contributed by atoms with Gasteiger partial charge in [0.15, 0.2) is 0 Å². The Kier molecular flexibility index (Phi) is 6.03. The highest BCUT2D eigenvalue weighted by atomic mass is 16.2. The van der Waals surface area contributed by atoms with E-state index in [1.807, 2.05) is 59.5 Å². The molecule has 1 aromatic heterocycles. The number of carbonyl (C=O) groups excluding carboxylic acids is 3. The number of piperazine rings is 1. The molecule has 1 atom stereocenters. The molecule has 2 aromatic carbocycles. The molecule has 0 aliphatic carbocycles. The molecule has 2 fully saturated rings. The molecule has 3 heterocycles. The van der Waals surface area contributed by atoms with Crippen molar-refractivity contribution in [3.63, 3.8) is 0 Å². The van der Waals surface area contributed by atoms with E-state index < -0.39 is 5.41 Å². The third-order valence-electron chi connectivity index (χ3n) is 7.01. The third-order valence-corrected chi connectivity index (χ3v) is 7.01. The van der Waals surface area contributed by atoms with Gasteiger partial charge >= 0.3 is 0 Å². The molecule has 2 aliphatic heterocycles. The van der Waals surface area contributed by atoms with Crippen LogP contribution in [0.2, 0.25) is 0 Å². The Morgan fingerprint density at radius 1 is 0.857 bits per heavy atom. The number of anilines is 1. The predicted octanol–water partition coefficient (Wildman–Crippen LogP) is 2.51. The summed E-state index contributed by atoms with van der Waals surface area (Å²) in [7, 11) is 1.49. The number of benzene rings is 2. The molecule has 0 spiro atoms. The summed E-state index contributed by atoms with van der Waals surface area (Å²) in [6.07, 6.45) is 3.36. The van der Waals surface area contributed by atoms with E-state index in [-0.39, 0.29) is 30.6 Å². The topological polar surface area (TPSA) is 86.7 Å². The Bertz CT molecular complexity index is 1220. The van der Waals surface area contributed by atoms with Crippen LogP contribution in [-0.2, 0) is 19.8 Å². The lowest BCUT2D eigenvalue weighted by atomic mass is 9.75. The highest BCUT2D eigenvalue weighted by molar-refractivity contribution is 6.10. The van der Waals surface area contributed by atoms with Crippen molar-refractivity contribution in [3.05, 3.63) is 78.6 Å². The lowest BCUT2D eigenvalue weighted by molar-refractivity contribution is -0.141. The summed E-state index contributed by atoms with van der Waals surface area (Å²) < 4.78 is 0. The molecule has 0 saturated carbocycles. The maximum atomic E-state index is 13.4. The van der Waals surface area contributed by atoms with Crippen LogP contribution in [0.5, 0.6) is 0 Å². The molecular weight excluding hydrogens is 442 g/mol. The molecular formula is C27H27N5O3. The van der Waals surface area contributed by atoms with Crippen molar-refractivity contribution in [1.29, 1.82) is 0 Å². The van der Waals surface area contributed by atoms with Crippen molar-refractivity contribution < 1.29 is 14.4 Å². The van der Waals surface area contributed by atoms with Gasteiger partial charge in [-0.05, 0) is 22.8 Å². The predicted molar refractivity (Wildman–Crippen MR) is 131 cm³/mol. The average Bonchev–Trinajstić information content (AvgIpc) is 3.13. The van der Waals surface area contributed by atoms with Crippen LogP contribution in [0.25, 0.3) is 11.1 Å². The van der Waals surface area contributed by atoms with E-state index in [0.29, 0.717) is 37.7 Å². The van der Waals surface area contributed by atoms with Gasteiger partial charge in [0.1, 0.15) is 0 Å². The summed E-state index contributed by atoms with van der Waals surface area (Å²) in [5, 5.41) is 0. The highest BCUT2D eigenvalue weighted by Gasteiger charge is 2.53. The molecule has 0 bridgehead atoms. The standard InChI is InChI=1S/C27H27N5O3/c1-30-23(33)18-27(25(30)35,22-10-8-21(9-11-22)20-6-3-2-4-7-20)19-24(34)31-14-16-32(17-15-31)26-28-12-5-13-29-26/h2-13H,14-19H2,1H3. The molecule has 1 unspecified atom stereocenters. The summed E-state index contributed by atoms with van der Waals surface area (Å²) in [6, 6.07) is 19.4. The third kappa shape index (κ3) is 4.27. The van der Waals surface area contributed by atoms with Gasteiger partial charge in [0.25, 0.3) is 0 Å². The van der Waals surface area contributed by atoms with Gasteiger partial charge in [-0.1, -0.05) is 54.6 Å². The first-order valence-corrected chi connectivity index (χ1v) is 11.7. The van der Waals surface area contributed by atoms with Crippen LogP contribution in [0, 0.1) is 0 Å². The van der Waals surface area contributed by atoms with Crippen LogP contribution >= 0.6 is 0 Å². The fourth-order valence-electron chi connectivity index (χ4n) is 4.95. The number of hydrogen-bond donors (Lipinski definition) is 0. The van der Waals surface area contributed by atoms with Gasteiger partial charge < -0.3 is 9.80 Å². The van der Waals surface area contributed by atoms with Crippen LogP contribution in [0.4, 0.5) is 5.95 Å². The molecule has 8 nitrogen and oxygen atoms in total. The Morgan fingerprint density at radius 2 is 1.49 bits per heavy atom.